The fourth-order valence-corrected chi connectivity index (χ4v) is 1.95. The number of carbonyl (C=O) groups is 1. The highest BCUT2D eigenvalue weighted by atomic mass is 16.1. The zero-order valence-electron chi connectivity index (χ0n) is 12.2. The van der Waals surface area contributed by atoms with Gasteiger partial charge >= 0.3 is 0 Å². The fraction of sp³-hybridized carbons (Fsp3) is 0.250. The monoisotopic (exact) mass is 285 g/mol. The number of benzene rings is 1. The number of rotatable bonds is 5. The van der Waals surface area contributed by atoms with Crippen LogP contribution in [0.25, 0.3) is 0 Å². The van der Waals surface area contributed by atoms with Gasteiger partial charge in [0.1, 0.15) is 0 Å². The third-order valence-electron chi connectivity index (χ3n) is 3.43. The Kier molecular flexibility index (Phi) is 4.77. The van der Waals surface area contributed by atoms with Gasteiger partial charge in [-0.25, -0.2) is 0 Å². The summed E-state index contributed by atoms with van der Waals surface area (Å²) in [5.41, 5.74) is 1.33. The number of carbonyl (C=O) groups excluding carboxylic acids is 1. The number of nitrogens with one attached hydrogen (secondary N) is 2. The van der Waals surface area contributed by atoms with Crippen molar-refractivity contribution in [1.82, 2.24) is 10.3 Å². The average Bonchev–Trinajstić information content (AvgIpc) is 2.53. The van der Waals surface area contributed by atoms with E-state index < -0.39 is 0 Å². The number of para-hydroxylation sites is 1. The van der Waals surface area contributed by atoms with Crippen LogP contribution < -0.4 is 15.8 Å². The standard InChI is InChI=1S/C16H19N3O2/c1-12(19(2)14-6-4-3-5-7-14)10-18-16(21)13-8-9-15(20)17-11-13/h3-9,11-12H,10H2,1-2H3,(H,17,20)(H,18,21)/t12-/m1/s1. The largest absolute Gasteiger partial charge is 0.370 e. The number of amides is 1. The van der Waals surface area contributed by atoms with E-state index in [-0.39, 0.29) is 17.5 Å². The van der Waals surface area contributed by atoms with Crippen LogP contribution in [-0.2, 0) is 0 Å². The topological polar surface area (TPSA) is 65.2 Å². The van der Waals surface area contributed by atoms with Gasteiger partial charge < -0.3 is 15.2 Å². The van der Waals surface area contributed by atoms with Crippen molar-refractivity contribution >= 4 is 11.6 Å². The average molecular weight is 285 g/mol. The zero-order valence-corrected chi connectivity index (χ0v) is 12.2. The van der Waals surface area contributed by atoms with Crippen molar-refractivity contribution < 1.29 is 4.79 Å². The first-order chi connectivity index (χ1) is 10.1. The van der Waals surface area contributed by atoms with Gasteiger partial charge in [-0.1, -0.05) is 18.2 Å². The molecule has 0 aliphatic heterocycles. The van der Waals surface area contributed by atoms with Crippen LogP contribution >= 0.6 is 0 Å². The van der Waals surface area contributed by atoms with Crippen molar-refractivity contribution in [3.63, 3.8) is 0 Å². The highest BCUT2D eigenvalue weighted by Gasteiger charge is 2.12. The van der Waals surface area contributed by atoms with E-state index in [0.29, 0.717) is 12.1 Å². The smallest absolute Gasteiger partial charge is 0.252 e. The van der Waals surface area contributed by atoms with Crippen molar-refractivity contribution in [3.05, 3.63) is 64.6 Å². The van der Waals surface area contributed by atoms with Crippen molar-refractivity contribution in [1.29, 1.82) is 0 Å². The molecule has 0 saturated carbocycles. The third-order valence-corrected chi connectivity index (χ3v) is 3.43. The molecule has 5 heteroatoms. The molecule has 2 N–H and O–H groups in total. The molecule has 1 heterocycles. The molecule has 1 aromatic heterocycles. The highest BCUT2D eigenvalue weighted by Crippen LogP contribution is 2.13. The lowest BCUT2D eigenvalue weighted by molar-refractivity contribution is 0.0951. The molecule has 21 heavy (non-hydrogen) atoms. The van der Waals surface area contributed by atoms with Gasteiger partial charge in [0.05, 0.1) is 5.56 Å². The van der Waals surface area contributed by atoms with E-state index in [4.69, 9.17) is 0 Å². The molecule has 1 amide bonds. The van der Waals surface area contributed by atoms with Gasteiger partial charge in [0.2, 0.25) is 5.56 Å². The summed E-state index contributed by atoms with van der Waals surface area (Å²) < 4.78 is 0. The lowest BCUT2D eigenvalue weighted by Gasteiger charge is -2.27. The number of hydrogen-bond acceptors (Lipinski definition) is 3. The molecule has 0 aliphatic carbocycles. The number of hydrogen-bond donors (Lipinski definition) is 2. The Morgan fingerprint density at radius 2 is 1.95 bits per heavy atom. The van der Waals surface area contributed by atoms with Crippen LogP contribution in [0.4, 0.5) is 5.69 Å². The van der Waals surface area contributed by atoms with Gasteiger partial charge in [-0.05, 0) is 25.1 Å². The van der Waals surface area contributed by atoms with Gasteiger partial charge in [0.25, 0.3) is 5.91 Å². The molecule has 1 atom stereocenters. The number of anilines is 1. The van der Waals surface area contributed by atoms with Crippen LogP contribution in [0.5, 0.6) is 0 Å². The maximum Gasteiger partial charge on any atom is 0.252 e. The van der Waals surface area contributed by atoms with Crippen LogP contribution in [-0.4, -0.2) is 30.5 Å². The van der Waals surface area contributed by atoms with E-state index in [2.05, 4.69) is 15.2 Å². The van der Waals surface area contributed by atoms with Crippen LogP contribution in [0.2, 0.25) is 0 Å². The Morgan fingerprint density at radius 3 is 2.57 bits per heavy atom. The summed E-state index contributed by atoms with van der Waals surface area (Å²) >= 11 is 0. The predicted octanol–water partition coefficient (Wildman–Crippen LogP) is 1.63. The molecule has 0 bridgehead atoms. The van der Waals surface area contributed by atoms with Crippen molar-refractivity contribution in [2.24, 2.45) is 0 Å². The number of likely N-dealkylation sites (N-methyl/N-ethyl adjacent to an activating group) is 1. The van der Waals surface area contributed by atoms with Gasteiger partial charge in [-0.3, -0.25) is 9.59 Å². The summed E-state index contributed by atoms with van der Waals surface area (Å²) in [6.07, 6.45) is 1.42. The molecule has 1 aromatic carbocycles. The molecular formula is C16H19N3O2. The molecule has 0 aliphatic rings. The third kappa shape index (κ3) is 3.95. The number of H-pyrrole nitrogens is 1. The Balaban J connectivity index is 1.91. The van der Waals surface area contributed by atoms with Crippen molar-refractivity contribution in [2.45, 2.75) is 13.0 Å². The van der Waals surface area contributed by atoms with Gasteiger partial charge in [-0.2, -0.15) is 0 Å². The van der Waals surface area contributed by atoms with Gasteiger partial charge in [-0.15, -0.1) is 0 Å². The van der Waals surface area contributed by atoms with Crippen molar-refractivity contribution in [2.75, 3.05) is 18.5 Å². The van der Waals surface area contributed by atoms with Gasteiger partial charge in [0.15, 0.2) is 0 Å². The predicted molar refractivity (Wildman–Crippen MR) is 83.7 cm³/mol. The molecule has 0 fully saturated rings. The Bertz CT molecular complexity index is 632. The molecular weight excluding hydrogens is 266 g/mol. The van der Waals surface area contributed by atoms with Gasteiger partial charge in [0, 0.05) is 37.6 Å². The SMILES string of the molecule is C[C@H](CNC(=O)c1ccc(=O)[nH]c1)N(C)c1ccccc1. The summed E-state index contributed by atoms with van der Waals surface area (Å²) in [5, 5.41) is 2.87. The van der Waals surface area contributed by atoms with E-state index in [0.717, 1.165) is 5.69 Å². The van der Waals surface area contributed by atoms with Crippen LogP contribution in [0, 0.1) is 0 Å². The molecule has 0 unspecified atom stereocenters. The Labute approximate surface area is 123 Å². The summed E-state index contributed by atoms with van der Waals surface area (Å²) in [5.74, 6) is -0.195. The first-order valence-corrected chi connectivity index (χ1v) is 6.83. The molecule has 2 rings (SSSR count). The minimum absolute atomic E-state index is 0.152. The quantitative estimate of drug-likeness (QED) is 0.877. The Morgan fingerprint density at radius 1 is 1.24 bits per heavy atom. The number of aromatic nitrogens is 1. The fourth-order valence-electron chi connectivity index (χ4n) is 1.95. The lowest BCUT2D eigenvalue weighted by Crippen LogP contribution is -2.40. The van der Waals surface area contributed by atoms with Crippen LogP contribution in [0.15, 0.2) is 53.5 Å². The number of pyridine rings is 1. The molecule has 2 aromatic rings. The molecule has 0 radical (unpaired) electrons. The summed E-state index contributed by atoms with van der Waals surface area (Å²) in [7, 11) is 1.99. The second-order valence-electron chi connectivity index (χ2n) is 4.95. The summed E-state index contributed by atoms with van der Waals surface area (Å²) in [4.78, 5) is 27.5. The highest BCUT2D eigenvalue weighted by molar-refractivity contribution is 5.93. The van der Waals surface area contributed by atoms with E-state index in [1.807, 2.05) is 44.3 Å². The second kappa shape index (κ2) is 6.74. The number of nitrogens with zero attached hydrogens (tertiary/aromatic N) is 1. The summed E-state index contributed by atoms with van der Waals surface area (Å²) in [6.45, 7) is 2.56. The minimum Gasteiger partial charge on any atom is -0.370 e. The molecule has 0 saturated heterocycles. The van der Waals surface area contributed by atoms with E-state index in [1.165, 1.54) is 18.3 Å². The van der Waals surface area contributed by atoms with E-state index in [1.54, 1.807) is 0 Å². The van der Waals surface area contributed by atoms with Crippen LogP contribution in [0.3, 0.4) is 0 Å². The molecule has 110 valence electrons. The van der Waals surface area contributed by atoms with E-state index >= 15 is 0 Å². The second-order valence-corrected chi connectivity index (χ2v) is 4.95. The molecule has 5 nitrogen and oxygen atoms in total. The zero-order chi connectivity index (χ0) is 15.2. The maximum atomic E-state index is 12.0. The molecule has 0 spiro atoms. The lowest BCUT2D eigenvalue weighted by atomic mass is 10.2. The summed E-state index contributed by atoms with van der Waals surface area (Å²) in [6, 6.07) is 13.0. The van der Waals surface area contributed by atoms with Crippen molar-refractivity contribution in [3.8, 4) is 0 Å². The first kappa shape index (κ1) is 14.8. The minimum atomic E-state index is -0.219. The van der Waals surface area contributed by atoms with E-state index in [9.17, 15) is 9.59 Å². The first-order valence-electron chi connectivity index (χ1n) is 6.83. The maximum absolute atomic E-state index is 12.0. The normalized spacial score (nSPS) is 11.7. The number of aromatic amines is 1. The van der Waals surface area contributed by atoms with Crippen LogP contribution in [0.1, 0.15) is 17.3 Å². The Hall–Kier alpha value is -2.56.